The number of nitrogens with zero attached hydrogens (tertiary/aromatic N) is 1. The first-order chi connectivity index (χ1) is 11.5. The number of nitrogens with one attached hydrogen (secondary N) is 1. The van der Waals surface area contributed by atoms with E-state index in [2.05, 4.69) is 5.32 Å². The summed E-state index contributed by atoms with van der Waals surface area (Å²) in [5, 5.41) is 2.88. The molecule has 1 aliphatic rings. The van der Waals surface area contributed by atoms with E-state index in [1.807, 2.05) is 6.07 Å². The van der Waals surface area contributed by atoms with Gasteiger partial charge in [-0.1, -0.05) is 17.7 Å². The van der Waals surface area contributed by atoms with Gasteiger partial charge in [-0.25, -0.2) is 4.39 Å². The Balaban J connectivity index is 1.79. The van der Waals surface area contributed by atoms with Crippen LogP contribution in [0.5, 0.6) is 0 Å². The number of benzene rings is 2. The van der Waals surface area contributed by atoms with Gasteiger partial charge in [0.1, 0.15) is 5.82 Å². The smallest absolute Gasteiger partial charge is 0.258 e. The van der Waals surface area contributed by atoms with Crippen LogP contribution in [-0.2, 0) is 4.79 Å². The van der Waals surface area contributed by atoms with Crippen LogP contribution in [0.1, 0.15) is 29.6 Å². The summed E-state index contributed by atoms with van der Waals surface area (Å²) in [7, 11) is 0. The van der Waals surface area contributed by atoms with Gasteiger partial charge < -0.3 is 10.2 Å². The minimum Gasteiger partial charge on any atom is -0.322 e. The summed E-state index contributed by atoms with van der Waals surface area (Å²) in [5.74, 6) is -1.16. The van der Waals surface area contributed by atoms with E-state index in [1.165, 1.54) is 12.1 Å². The average Bonchev–Trinajstić information content (AvgIpc) is 2.55. The Kier molecular flexibility index (Phi) is 4.81. The molecule has 0 atom stereocenters. The number of rotatable bonds is 3. The normalized spacial score (nSPS) is 14.6. The number of amides is 2. The third-order valence-electron chi connectivity index (χ3n) is 3.91. The lowest BCUT2D eigenvalue weighted by Crippen LogP contribution is -2.35. The Bertz CT molecular complexity index is 794. The first kappa shape index (κ1) is 16.5. The van der Waals surface area contributed by atoms with Crippen LogP contribution < -0.4 is 10.2 Å². The predicted octanol–water partition coefficient (Wildman–Crippen LogP) is 4.25. The maximum Gasteiger partial charge on any atom is 0.258 e. The number of piperidine rings is 1. The van der Waals surface area contributed by atoms with Crippen molar-refractivity contribution in [1.29, 1.82) is 0 Å². The molecule has 1 aliphatic heterocycles. The molecular weight excluding hydrogens is 331 g/mol. The summed E-state index contributed by atoms with van der Waals surface area (Å²) in [5.41, 5.74) is 1.15. The Morgan fingerprint density at radius 3 is 2.75 bits per heavy atom. The SMILES string of the molecule is O=C(Nc1cccc(N2CCCCC2=O)c1)c1ccc(Cl)cc1F. The van der Waals surface area contributed by atoms with Crippen LogP contribution in [0, 0.1) is 5.82 Å². The molecule has 0 radical (unpaired) electrons. The van der Waals surface area contributed by atoms with Crippen LogP contribution in [0.4, 0.5) is 15.8 Å². The highest BCUT2D eigenvalue weighted by molar-refractivity contribution is 6.30. The second-order valence-electron chi connectivity index (χ2n) is 5.63. The Labute approximate surface area is 144 Å². The van der Waals surface area contributed by atoms with E-state index in [-0.39, 0.29) is 16.5 Å². The average molecular weight is 347 g/mol. The predicted molar refractivity (Wildman–Crippen MR) is 92.0 cm³/mol. The van der Waals surface area contributed by atoms with Crippen molar-refractivity contribution in [3.8, 4) is 0 Å². The van der Waals surface area contributed by atoms with Gasteiger partial charge in [-0.05, 0) is 49.2 Å². The molecular formula is C18H16ClFN2O2. The first-order valence-electron chi connectivity index (χ1n) is 7.71. The van der Waals surface area contributed by atoms with Crippen molar-refractivity contribution in [1.82, 2.24) is 0 Å². The Morgan fingerprint density at radius 1 is 1.17 bits per heavy atom. The molecule has 1 fully saturated rings. The summed E-state index contributed by atoms with van der Waals surface area (Å²) >= 11 is 5.69. The molecule has 0 saturated carbocycles. The van der Waals surface area contributed by atoms with Crippen molar-refractivity contribution in [2.75, 3.05) is 16.8 Å². The van der Waals surface area contributed by atoms with Crippen molar-refractivity contribution in [3.05, 3.63) is 58.9 Å². The molecule has 1 heterocycles. The fraction of sp³-hybridized carbons (Fsp3) is 0.222. The lowest BCUT2D eigenvalue weighted by Gasteiger charge is -2.27. The van der Waals surface area contributed by atoms with Gasteiger partial charge in [-0.2, -0.15) is 0 Å². The van der Waals surface area contributed by atoms with Crippen LogP contribution in [0.3, 0.4) is 0 Å². The van der Waals surface area contributed by atoms with Crippen molar-refractivity contribution in [2.24, 2.45) is 0 Å². The number of hydrogen-bond donors (Lipinski definition) is 1. The third-order valence-corrected chi connectivity index (χ3v) is 4.15. The van der Waals surface area contributed by atoms with E-state index in [0.717, 1.165) is 24.6 Å². The van der Waals surface area contributed by atoms with E-state index in [4.69, 9.17) is 11.6 Å². The fourth-order valence-electron chi connectivity index (χ4n) is 2.70. The molecule has 0 spiro atoms. The Morgan fingerprint density at radius 2 is 2.00 bits per heavy atom. The van der Waals surface area contributed by atoms with Crippen molar-refractivity contribution in [2.45, 2.75) is 19.3 Å². The number of hydrogen-bond acceptors (Lipinski definition) is 2. The lowest BCUT2D eigenvalue weighted by atomic mass is 10.1. The summed E-state index contributed by atoms with van der Waals surface area (Å²) in [6.07, 6.45) is 2.40. The molecule has 0 aliphatic carbocycles. The highest BCUT2D eigenvalue weighted by Gasteiger charge is 2.20. The Hall–Kier alpha value is -2.40. The zero-order valence-electron chi connectivity index (χ0n) is 12.9. The van der Waals surface area contributed by atoms with Crippen LogP contribution in [0.25, 0.3) is 0 Å². The molecule has 2 aromatic carbocycles. The van der Waals surface area contributed by atoms with Crippen molar-refractivity contribution >= 4 is 34.8 Å². The van der Waals surface area contributed by atoms with E-state index in [0.29, 0.717) is 18.7 Å². The summed E-state index contributed by atoms with van der Waals surface area (Å²) in [6, 6.07) is 10.9. The fourth-order valence-corrected chi connectivity index (χ4v) is 2.86. The highest BCUT2D eigenvalue weighted by Crippen LogP contribution is 2.24. The molecule has 1 saturated heterocycles. The standard InChI is InChI=1S/C18H16ClFN2O2/c19-12-7-8-15(16(20)10-12)18(24)21-13-4-3-5-14(11-13)22-9-2-1-6-17(22)23/h3-5,7-8,10-11H,1-2,6,9H2,(H,21,24). The summed E-state index contributed by atoms with van der Waals surface area (Å²) in [4.78, 5) is 25.9. The minimum atomic E-state index is -0.678. The molecule has 6 heteroatoms. The molecule has 24 heavy (non-hydrogen) atoms. The topological polar surface area (TPSA) is 49.4 Å². The molecule has 0 unspecified atom stereocenters. The van der Waals surface area contributed by atoms with Crippen molar-refractivity contribution < 1.29 is 14.0 Å². The highest BCUT2D eigenvalue weighted by atomic mass is 35.5. The van der Waals surface area contributed by atoms with Crippen LogP contribution >= 0.6 is 11.6 Å². The van der Waals surface area contributed by atoms with E-state index in [9.17, 15) is 14.0 Å². The van der Waals surface area contributed by atoms with Gasteiger partial charge in [0.05, 0.1) is 5.56 Å². The molecule has 124 valence electrons. The molecule has 1 N–H and O–H groups in total. The van der Waals surface area contributed by atoms with Gasteiger partial charge in [0, 0.05) is 29.4 Å². The van der Waals surface area contributed by atoms with Gasteiger partial charge in [0.25, 0.3) is 5.91 Å². The monoisotopic (exact) mass is 346 g/mol. The molecule has 3 rings (SSSR count). The summed E-state index contributed by atoms with van der Waals surface area (Å²) < 4.78 is 13.8. The summed E-state index contributed by atoms with van der Waals surface area (Å²) in [6.45, 7) is 0.669. The molecule has 0 bridgehead atoms. The van der Waals surface area contributed by atoms with Gasteiger partial charge in [0.15, 0.2) is 0 Å². The maximum atomic E-state index is 13.8. The number of halogens is 2. The van der Waals surface area contributed by atoms with Crippen LogP contribution in [0.15, 0.2) is 42.5 Å². The van der Waals surface area contributed by atoms with Crippen LogP contribution in [0.2, 0.25) is 5.02 Å². The van der Waals surface area contributed by atoms with Gasteiger partial charge in [-0.3, -0.25) is 9.59 Å². The van der Waals surface area contributed by atoms with E-state index >= 15 is 0 Å². The van der Waals surface area contributed by atoms with Gasteiger partial charge in [-0.15, -0.1) is 0 Å². The zero-order chi connectivity index (χ0) is 17.1. The van der Waals surface area contributed by atoms with E-state index in [1.54, 1.807) is 23.1 Å². The third kappa shape index (κ3) is 3.57. The lowest BCUT2D eigenvalue weighted by molar-refractivity contribution is -0.119. The largest absolute Gasteiger partial charge is 0.322 e. The minimum absolute atomic E-state index is 0.0773. The van der Waals surface area contributed by atoms with Gasteiger partial charge in [0.2, 0.25) is 5.91 Å². The zero-order valence-corrected chi connectivity index (χ0v) is 13.6. The molecule has 2 aromatic rings. The molecule has 2 amide bonds. The second kappa shape index (κ2) is 7.01. The van der Waals surface area contributed by atoms with E-state index < -0.39 is 11.7 Å². The quantitative estimate of drug-likeness (QED) is 0.903. The number of carbonyl (C=O) groups is 2. The van der Waals surface area contributed by atoms with Crippen molar-refractivity contribution in [3.63, 3.8) is 0 Å². The van der Waals surface area contributed by atoms with Crippen LogP contribution in [-0.4, -0.2) is 18.4 Å². The number of carbonyl (C=O) groups excluding carboxylic acids is 2. The van der Waals surface area contributed by atoms with Gasteiger partial charge >= 0.3 is 0 Å². The maximum absolute atomic E-state index is 13.8. The molecule has 4 nitrogen and oxygen atoms in total. The second-order valence-corrected chi connectivity index (χ2v) is 6.07. The molecule has 0 aromatic heterocycles. The number of anilines is 2. The first-order valence-corrected chi connectivity index (χ1v) is 8.09.